The molecule has 2 aromatic carbocycles. The van der Waals surface area contributed by atoms with Crippen molar-refractivity contribution in [2.75, 3.05) is 30.4 Å². The molecule has 14 heteroatoms. The van der Waals surface area contributed by atoms with E-state index in [9.17, 15) is 37.1 Å². The summed E-state index contributed by atoms with van der Waals surface area (Å²) >= 11 is 0. The number of carbonyl (C=O) groups excluding carboxylic acids is 5. The molecule has 2 heterocycles. The van der Waals surface area contributed by atoms with Gasteiger partial charge in [-0.2, -0.15) is 13.2 Å². The largest absolute Gasteiger partial charge is 0.416 e. The van der Waals surface area contributed by atoms with Crippen molar-refractivity contribution in [1.29, 1.82) is 5.41 Å². The molecule has 2 aliphatic heterocycles. The number of nitrogens with one attached hydrogen (secondary N) is 4. The molecule has 4 N–H and O–H groups in total. The second kappa shape index (κ2) is 13.9. The van der Waals surface area contributed by atoms with Crippen LogP contribution in [0.1, 0.15) is 53.0 Å². The minimum atomic E-state index is -4.49. The number of carbonyl (C=O) groups is 5. The number of nitrogens with zero attached hydrogens (tertiary/aromatic N) is 2. The Morgan fingerprint density at radius 1 is 1.11 bits per heavy atom. The number of piperidine rings is 1. The number of allylic oxidation sites excluding steroid dienone is 1. The fourth-order valence-corrected chi connectivity index (χ4v) is 4.85. The van der Waals surface area contributed by atoms with E-state index in [1.807, 2.05) is 4.90 Å². The summed E-state index contributed by atoms with van der Waals surface area (Å²) in [6.45, 7) is 4.14. The molecule has 4 rings (SSSR count). The molecule has 0 aliphatic carbocycles. The van der Waals surface area contributed by atoms with Crippen molar-refractivity contribution < 1.29 is 37.1 Å². The standard InChI is InChI=1S/C33H33F3N6O5/c1-32(2,31(47)39-24-9-7-23(8-10-24)33(34,35)36)38-16-20(15-37)4-5-21-17-42(18-21)25-11-6-22(19-43)26(14-25)30(46)41(3)27-12-13-28(44)40-29(27)45/h6-11,14-16,19,21,27,37-38H,12-13,17-18H2,1-3H3,(H,39,47)(H,40,44,45)/b20-16-,37-15?. The van der Waals surface area contributed by atoms with E-state index in [-0.39, 0.29) is 35.6 Å². The number of halogens is 3. The molecule has 0 bridgehead atoms. The van der Waals surface area contributed by atoms with Crippen LogP contribution in [0.15, 0.2) is 54.2 Å². The molecule has 246 valence electrons. The number of rotatable bonds is 9. The van der Waals surface area contributed by atoms with Crippen LogP contribution in [0.2, 0.25) is 0 Å². The van der Waals surface area contributed by atoms with Gasteiger partial charge in [0.15, 0.2) is 6.29 Å². The van der Waals surface area contributed by atoms with Crippen LogP contribution in [-0.2, 0) is 20.6 Å². The normalized spacial score (nSPS) is 17.0. The third-order valence-corrected chi connectivity index (χ3v) is 7.84. The van der Waals surface area contributed by atoms with Gasteiger partial charge in [-0.3, -0.25) is 29.3 Å². The number of anilines is 2. The molecule has 0 radical (unpaired) electrons. The van der Waals surface area contributed by atoms with Gasteiger partial charge in [-0.15, -0.1) is 0 Å². The van der Waals surface area contributed by atoms with Gasteiger partial charge in [0.05, 0.1) is 22.6 Å². The summed E-state index contributed by atoms with van der Waals surface area (Å²) in [5, 5.41) is 15.4. The number of alkyl halides is 3. The van der Waals surface area contributed by atoms with E-state index in [4.69, 9.17) is 5.41 Å². The lowest BCUT2D eigenvalue weighted by molar-refractivity contribution is -0.138. The summed E-state index contributed by atoms with van der Waals surface area (Å²) in [5.41, 5.74) is -0.561. The number of hydrogen-bond acceptors (Lipinski definition) is 8. The van der Waals surface area contributed by atoms with Crippen molar-refractivity contribution in [2.45, 2.75) is 44.4 Å². The molecular weight excluding hydrogens is 617 g/mol. The fraction of sp³-hybridized carbons (Fsp3) is 0.333. The molecule has 0 saturated carbocycles. The second-order valence-electron chi connectivity index (χ2n) is 11.7. The lowest BCUT2D eigenvalue weighted by Crippen LogP contribution is -2.53. The predicted octanol–water partition coefficient (Wildman–Crippen LogP) is 3.38. The van der Waals surface area contributed by atoms with Gasteiger partial charge in [0.1, 0.15) is 11.6 Å². The molecule has 1 unspecified atom stereocenters. The molecule has 47 heavy (non-hydrogen) atoms. The Bertz CT molecular complexity index is 1680. The van der Waals surface area contributed by atoms with Gasteiger partial charge in [0.25, 0.3) is 5.91 Å². The molecule has 2 aliphatic rings. The van der Waals surface area contributed by atoms with Crippen molar-refractivity contribution in [3.63, 3.8) is 0 Å². The first kappa shape index (κ1) is 34.4. The van der Waals surface area contributed by atoms with Crippen molar-refractivity contribution in [2.24, 2.45) is 5.92 Å². The van der Waals surface area contributed by atoms with Crippen molar-refractivity contribution in [3.05, 3.63) is 70.9 Å². The smallest absolute Gasteiger partial charge is 0.377 e. The highest BCUT2D eigenvalue weighted by atomic mass is 19.4. The summed E-state index contributed by atoms with van der Waals surface area (Å²) in [6, 6.07) is 8.07. The van der Waals surface area contributed by atoms with Crippen LogP contribution < -0.4 is 20.9 Å². The van der Waals surface area contributed by atoms with Crippen LogP contribution >= 0.6 is 0 Å². The van der Waals surface area contributed by atoms with E-state index in [0.29, 0.717) is 30.6 Å². The van der Waals surface area contributed by atoms with Gasteiger partial charge in [-0.25, -0.2) is 0 Å². The molecule has 11 nitrogen and oxygen atoms in total. The number of aldehydes is 1. The topological polar surface area (TPSA) is 152 Å². The number of benzene rings is 2. The highest BCUT2D eigenvalue weighted by Crippen LogP contribution is 2.30. The highest BCUT2D eigenvalue weighted by molar-refractivity contribution is 6.06. The minimum Gasteiger partial charge on any atom is -0.377 e. The fourth-order valence-electron chi connectivity index (χ4n) is 4.85. The Hall–Kier alpha value is -5.45. The van der Waals surface area contributed by atoms with Gasteiger partial charge < -0.3 is 25.8 Å². The Balaban J connectivity index is 1.35. The monoisotopic (exact) mass is 650 g/mol. The number of imide groups is 1. The molecule has 4 amide bonds. The average Bonchev–Trinajstić information content (AvgIpc) is 3.00. The summed E-state index contributed by atoms with van der Waals surface area (Å²) in [6.07, 6.45) is -1.19. The third-order valence-electron chi connectivity index (χ3n) is 7.84. The van der Waals surface area contributed by atoms with E-state index in [1.165, 1.54) is 24.2 Å². The molecule has 2 aromatic rings. The van der Waals surface area contributed by atoms with Crippen molar-refractivity contribution >= 4 is 47.5 Å². The average molecular weight is 651 g/mol. The van der Waals surface area contributed by atoms with Crippen molar-refractivity contribution in [1.82, 2.24) is 15.5 Å². The van der Waals surface area contributed by atoms with E-state index in [2.05, 4.69) is 27.8 Å². The minimum absolute atomic E-state index is 0.0784. The van der Waals surface area contributed by atoms with Gasteiger partial charge in [0, 0.05) is 55.9 Å². The van der Waals surface area contributed by atoms with Gasteiger partial charge in [-0.05, 0) is 62.7 Å². The quantitative estimate of drug-likeness (QED) is 0.141. The van der Waals surface area contributed by atoms with Crippen LogP contribution in [-0.4, -0.2) is 72.7 Å². The van der Waals surface area contributed by atoms with Gasteiger partial charge >= 0.3 is 6.18 Å². The zero-order chi connectivity index (χ0) is 34.5. The Morgan fingerprint density at radius 2 is 1.79 bits per heavy atom. The van der Waals surface area contributed by atoms with E-state index >= 15 is 0 Å². The van der Waals surface area contributed by atoms with Crippen LogP contribution in [0.5, 0.6) is 0 Å². The first-order valence-electron chi connectivity index (χ1n) is 14.6. The summed E-state index contributed by atoms with van der Waals surface area (Å²) in [4.78, 5) is 64.7. The Morgan fingerprint density at radius 3 is 2.38 bits per heavy atom. The predicted molar refractivity (Wildman–Crippen MR) is 168 cm³/mol. The third kappa shape index (κ3) is 8.23. The van der Waals surface area contributed by atoms with Gasteiger partial charge in [0.2, 0.25) is 17.7 Å². The Kier molecular flexibility index (Phi) is 10.2. The Labute approximate surface area is 269 Å². The van der Waals surface area contributed by atoms with Crippen molar-refractivity contribution in [3.8, 4) is 11.8 Å². The SMILES string of the molecule is CN(C(=O)c1cc(N2CC(C#C/C(C=N)=C/NC(C)(C)C(=O)Nc3ccc(C(F)(F)F)cc3)C2)ccc1C=O)C1CCC(=O)NC1=O. The maximum Gasteiger partial charge on any atom is 0.416 e. The van der Waals surface area contributed by atoms with E-state index in [1.54, 1.807) is 26.0 Å². The van der Waals surface area contributed by atoms with Crippen LogP contribution in [0, 0.1) is 23.2 Å². The molecule has 0 aromatic heterocycles. The highest BCUT2D eigenvalue weighted by Gasteiger charge is 2.34. The molecule has 2 fully saturated rings. The zero-order valence-corrected chi connectivity index (χ0v) is 25.8. The van der Waals surface area contributed by atoms with E-state index < -0.39 is 46.9 Å². The first-order chi connectivity index (χ1) is 22.1. The number of hydrogen-bond donors (Lipinski definition) is 4. The van der Waals surface area contributed by atoms with Crippen LogP contribution in [0.25, 0.3) is 0 Å². The summed E-state index contributed by atoms with van der Waals surface area (Å²) < 4.78 is 38.4. The lowest BCUT2D eigenvalue weighted by Gasteiger charge is -2.38. The first-order valence-corrected chi connectivity index (χ1v) is 14.6. The maximum atomic E-state index is 13.3. The lowest BCUT2D eigenvalue weighted by atomic mass is 9.97. The zero-order valence-electron chi connectivity index (χ0n) is 25.8. The van der Waals surface area contributed by atoms with Crippen LogP contribution in [0.4, 0.5) is 24.5 Å². The molecule has 0 spiro atoms. The molecule has 1 atom stereocenters. The second-order valence-corrected chi connectivity index (χ2v) is 11.7. The van der Waals surface area contributed by atoms with E-state index in [0.717, 1.165) is 30.5 Å². The number of likely N-dealkylation sites (N-methyl/N-ethyl adjacent to an activating group) is 1. The molecule has 2 saturated heterocycles. The maximum absolute atomic E-state index is 13.3. The molecular formula is C33H33F3N6O5. The summed E-state index contributed by atoms with van der Waals surface area (Å²) in [7, 11) is 1.45. The summed E-state index contributed by atoms with van der Waals surface area (Å²) in [5.74, 6) is 3.90. The number of amides is 4. The van der Waals surface area contributed by atoms with Gasteiger partial charge in [-0.1, -0.05) is 11.8 Å². The van der Waals surface area contributed by atoms with Crippen LogP contribution in [0.3, 0.4) is 0 Å².